The van der Waals surface area contributed by atoms with Crippen molar-refractivity contribution in [3.8, 4) is 11.1 Å². The van der Waals surface area contributed by atoms with E-state index < -0.39 is 11.7 Å². The van der Waals surface area contributed by atoms with Crippen molar-refractivity contribution in [3.05, 3.63) is 59.1 Å². The number of nitrogens with zero attached hydrogens (tertiary/aromatic N) is 1. The van der Waals surface area contributed by atoms with Crippen molar-refractivity contribution < 1.29 is 19.7 Å². The van der Waals surface area contributed by atoms with Gasteiger partial charge >= 0.3 is 6.09 Å². The molecule has 0 spiro atoms. The average molecular weight is 432 g/mol. The number of hydrogen-bond donors (Lipinski definition) is 2. The normalized spacial score (nSPS) is 18.8. The number of ether oxygens (including phenoxy) is 1. The zero-order valence-electron chi connectivity index (χ0n) is 17.4. The molecule has 2 atom stereocenters. The van der Waals surface area contributed by atoms with Gasteiger partial charge in [0.15, 0.2) is 0 Å². The Morgan fingerprint density at radius 3 is 2.57 bits per heavy atom. The third kappa shape index (κ3) is 4.97. The Morgan fingerprint density at radius 2 is 1.87 bits per heavy atom. The number of carbonyl (C=O) groups is 1. The number of benzene rings is 2. The molecule has 5 nitrogen and oxygen atoms in total. The number of rotatable bonds is 8. The first kappa shape index (κ1) is 22.6. The average Bonchev–Trinajstić information content (AvgIpc) is 2.77. The van der Waals surface area contributed by atoms with Crippen LogP contribution in [-0.4, -0.2) is 48.0 Å². The highest BCUT2D eigenvalue weighted by Gasteiger charge is 2.42. The number of amides is 1. The molecule has 2 N–H and O–H groups in total. The van der Waals surface area contributed by atoms with Crippen molar-refractivity contribution in [3.63, 3.8) is 0 Å². The summed E-state index contributed by atoms with van der Waals surface area (Å²) in [5, 5.41) is 22.3. The van der Waals surface area contributed by atoms with Crippen LogP contribution in [-0.2, 0) is 10.3 Å². The van der Waals surface area contributed by atoms with Gasteiger partial charge in [0.05, 0.1) is 5.60 Å². The number of piperidine rings is 1. The van der Waals surface area contributed by atoms with Gasteiger partial charge in [-0.2, -0.15) is 0 Å². The highest BCUT2D eigenvalue weighted by atomic mass is 35.5. The molecule has 30 heavy (non-hydrogen) atoms. The van der Waals surface area contributed by atoms with Gasteiger partial charge in [-0.3, -0.25) is 0 Å². The molecule has 0 bridgehead atoms. The molecule has 1 unspecified atom stereocenters. The summed E-state index contributed by atoms with van der Waals surface area (Å²) < 4.78 is 5.18. The van der Waals surface area contributed by atoms with Gasteiger partial charge < -0.3 is 19.8 Å². The van der Waals surface area contributed by atoms with E-state index in [-0.39, 0.29) is 5.92 Å². The van der Waals surface area contributed by atoms with Crippen LogP contribution < -0.4 is 0 Å². The molecule has 162 valence electrons. The van der Waals surface area contributed by atoms with Crippen molar-refractivity contribution in [1.82, 2.24) is 4.90 Å². The third-order valence-electron chi connectivity index (χ3n) is 6.08. The lowest BCUT2D eigenvalue weighted by atomic mass is 9.72. The van der Waals surface area contributed by atoms with E-state index in [2.05, 4.69) is 0 Å². The van der Waals surface area contributed by atoms with Crippen LogP contribution >= 0.6 is 11.6 Å². The van der Waals surface area contributed by atoms with Gasteiger partial charge in [0.1, 0.15) is 0 Å². The van der Waals surface area contributed by atoms with E-state index in [0.717, 1.165) is 42.4 Å². The lowest BCUT2D eigenvalue weighted by Crippen LogP contribution is -2.48. The molecule has 0 saturated carbocycles. The first-order valence-electron chi connectivity index (χ1n) is 10.5. The molecule has 1 heterocycles. The molecule has 1 saturated heterocycles. The fourth-order valence-corrected chi connectivity index (χ4v) is 4.75. The van der Waals surface area contributed by atoms with Gasteiger partial charge in [-0.25, -0.2) is 4.79 Å². The second-order valence-corrected chi connectivity index (χ2v) is 8.37. The second kappa shape index (κ2) is 10.3. The molecule has 1 amide bonds. The molecular formula is C24H30ClNO4. The molecule has 6 heteroatoms. The summed E-state index contributed by atoms with van der Waals surface area (Å²) in [5.74, 6) is -0.187. The minimum absolute atomic E-state index is 0.187. The van der Waals surface area contributed by atoms with Crippen LogP contribution in [0.3, 0.4) is 0 Å². The molecule has 0 radical (unpaired) electrons. The molecule has 1 aliphatic rings. The van der Waals surface area contributed by atoms with E-state index in [1.54, 1.807) is 7.11 Å². The smallest absolute Gasteiger partial charge is 0.407 e. The standard InChI is InChI=1S/C24H30ClNO4/c1-30-16-7-6-14-24(29,18-9-8-15-26(17-18)23(27)28)21-12-4-2-10-19(21)20-11-3-5-13-22(20)25/h2-5,10-13,18,29H,6-9,14-17H2,1H3,(H,27,28)/t18-,24?/m1/s1. The summed E-state index contributed by atoms with van der Waals surface area (Å²) in [6.07, 6.45) is 2.75. The Hall–Kier alpha value is -2.08. The van der Waals surface area contributed by atoms with E-state index in [1.807, 2.05) is 48.5 Å². The number of hydrogen-bond acceptors (Lipinski definition) is 3. The summed E-state index contributed by atoms with van der Waals surface area (Å²) >= 11 is 6.49. The number of halogens is 1. The van der Waals surface area contributed by atoms with Crippen LogP contribution in [0.4, 0.5) is 4.79 Å². The molecule has 2 aromatic rings. The molecule has 1 fully saturated rings. The minimum Gasteiger partial charge on any atom is -0.465 e. The van der Waals surface area contributed by atoms with Gasteiger partial charge in [-0.15, -0.1) is 0 Å². The van der Waals surface area contributed by atoms with Crippen molar-refractivity contribution in [1.29, 1.82) is 0 Å². The van der Waals surface area contributed by atoms with Crippen LogP contribution in [0.5, 0.6) is 0 Å². The maximum Gasteiger partial charge on any atom is 0.407 e. The zero-order valence-corrected chi connectivity index (χ0v) is 18.1. The Bertz CT molecular complexity index is 859. The van der Waals surface area contributed by atoms with E-state index in [1.165, 1.54) is 4.90 Å². The summed E-state index contributed by atoms with van der Waals surface area (Å²) in [5.41, 5.74) is 1.42. The van der Waals surface area contributed by atoms with Gasteiger partial charge in [0, 0.05) is 43.3 Å². The fraction of sp³-hybridized carbons (Fsp3) is 0.458. The van der Waals surface area contributed by atoms with Gasteiger partial charge in [0.2, 0.25) is 0 Å². The lowest BCUT2D eigenvalue weighted by Gasteiger charge is -2.43. The van der Waals surface area contributed by atoms with E-state index >= 15 is 0 Å². The number of aliphatic hydroxyl groups is 1. The maximum absolute atomic E-state index is 12.1. The Kier molecular flexibility index (Phi) is 7.75. The molecular weight excluding hydrogens is 402 g/mol. The summed E-state index contributed by atoms with van der Waals surface area (Å²) in [7, 11) is 1.67. The van der Waals surface area contributed by atoms with Crippen molar-refractivity contribution in [2.75, 3.05) is 26.8 Å². The van der Waals surface area contributed by atoms with Crippen molar-refractivity contribution in [2.24, 2.45) is 5.92 Å². The van der Waals surface area contributed by atoms with Crippen LogP contribution in [0.1, 0.15) is 37.7 Å². The summed E-state index contributed by atoms with van der Waals surface area (Å²) in [6.45, 7) is 1.47. The summed E-state index contributed by atoms with van der Waals surface area (Å²) in [4.78, 5) is 13.0. The molecule has 3 rings (SSSR count). The van der Waals surface area contributed by atoms with Crippen LogP contribution in [0.25, 0.3) is 11.1 Å². The first-order chi connectivity index (χ1) is 14.5. The largest absolute Gasteiger partial charge is 0.465 e. The topological polar surface area (TPSA) is 70.0 Å². The Balaban J connectivity index is 2.03. The summed E-state index contributed by atoms with van der Waals surface area (Å²) in [6, 6.07) is 15.4. The van der Waals surface area contributed by atoms with Crippen molar-refractivity contribution in [2.45, 2.75) is 37.7 Å². The number of carboxylic acid groups (broad SMARTS) is 1. The van der Waals surface area contributed by atoms with Gasteiger partial charge in [-0.1, -0.05) is 54.1 Å². The zero-order chi connectivity index (χ0) is 21.6. The maximum atomic E-state index is 12.1. The second-order valence-electron chi connectivity index (χ2n) is 7.97. The lowest BCUT2D eigenvalue weighted by molar-refractivity contribution is -0.0580. The Labute approximate surface area is 183 Å². The van der Waals surface area contributed by atoms with Crippen LogP contribution in [0.2, 0.25) is 5.02 Å². The number of likely N-dealkylation sites (tertiary alicyclic amines) is 1. The quantitative estimate of drug-likeness (QED) is 0.549. The van der Waals surface area contributed by atoms with Gasteiger partial charge in [0.25, 0.3) is 0 Å². The SMILES string of the molecule is COCCCCC(O)(c1ccccc1-c1ccccc1Cl)[C@@H]1CCCN(C(=O)O)C1. The highest BCUT2D eigenvalue weighted by Crippen LogP contribution is 2.44. The predicted molar refractivity (Wildman–Crippen MR) is 119 cm³/mol. The number of unbranched alkanes of at least 4 members (excludes halogenated alkanes) is 1. The molecule has 0 aromatic heterocycles. The van der Waals surface area contributed by atoms with Crippen molar-refractivity contribution >= 4 is 17.7 Å². The molecule has 2 aromatic carbocycles. The Morgan fingerprint density at radius 1 is 1.17 bits per heavy atom. The fourth-order valence-electron chi connectivity index (χ4n) is 4.52. The van der Waals surface area contributed by atoms with E-state index in [0.29, 0.717) is 31.1 Å². The van der Waals surface area contributed by atoms with Gasteiger partial charge in [-0.05, 0) is 49.3 Å². The minimum atomic E-state index is -1.16. The van der Waals surface area contributed by atoms with Crippen LogP contribution in [0, 0.1) is 5.92 Å². The van der Waals surface area contributed by atoms with E-state index in [4.69, 9.17) is 16.3 Å². The molecule has 1 aliphatic heterocycles. The number of methoxy groups -OCH3 is 1. The third-order valence-corrected chi connectivity index (χ3v) is 6.41. The predicted octanol–water partition coefficient (Wildman–Crippen LogP) is 5.40. The van der Waals surface area contributed by atoms with E-state index in [9.17, 15) is 15.0 Å². The van der Waals surface area contributed by atoms with Crippen LogP contribution in [0.15, 0.2) is 48.5 Å². The monoisotopic (exact) mass is 431 g/mol. The molecule has 0 aliphatic carbocycles. The first-order valence-corrected chi connectivity index (χ1v) is 10.9. The highest BCUT2D eigenvalue weighted by molar-refractivity contribution is 6.33.